The lowest BCUT2D eigenvalue weighted by Gasteiger charge is -2.34. The molecule has 0 aliphatic carbocycles. The molecule has 0 radical (unpaired) electrons. The molecule has 1 saturated heterocycles. The largest absolute Gasteiger partial charge is 0.355 e. The Kier molecular flexibility index (Phi) is 5.32. The minimum atomic E-state index is -0.132. The highest BCUT2D eigenvalue weighted by Crippen LogP contribution is 2.13. The number of carbonyl (C=O) groups excluding carboxylic acids is 2. The number of nitrogens with zero attached hydrogens (tertiary/aromatic N) is 4. The van der Waals surface area contributed by atoms with Crippen molar-refractivity contribution in [1.29, 1.82) is 0 Å². The summed E-state index contributed by atoms with van der Waals surface area (Å²) >= 11 is 0. The summed E-state index contributed by atoms with van der Waals surface area (Å²) in [6.45, 7) is 5.34. The number of carbonyl (C=O) groups is 2. The number of aromatic nitrogens is 2. The van der Waals surface area contributed by atoms with Gasteiger partial charge in [0, 0.05) is 45.3 Å². The lowest BCUT2D eigenvalue weighted by Crippen LogP contribution is -2.51. The van der Waals surface area contributed by atoms with Gasteiger partial charge < -0.3 is 14.8 Å². The van der Waals surface area contributed by atoms with Crippen LogP contribution in [0.3, 0.4) is 0 Å². The van der Waals surface area contributed by atoms with Crippen molar-refractivity contribution in [1.82, 2.24) is 24.7 Å². The van der Waals surface area contributed by atoms with Crippen LogP contribution in [0.5, 0.6) is 0 Å². The third-order valence-corrected chi connectivity index (χ3v) is 4.57. The Morgan fingerprint density at radius 2 is 1.92 bits per heavy atom. The lowest BCUT2D eigenvalue weighted by molar-refractivity contribution is -0.122. The fraction of sp³-hybridized carbons (Fsp3) is 0.444. The number of aryl methyl sites for hydroxylation is 1. The van der Waals surface area contributed by atoms with Gasteiger partial charge in [0.2, 0.25) is 5.91 Å². The number of rotatable bonds is 4. The molecule has 0 saturated carbocycles. The number of amides is 2. The van der Waals surface area contributed by atoms with Crippen molar-refractivity contribution in [2.45, 2.75) is 6.92 Å². The van der Waals surface area contributed by atoms with Gasteiger partial charge in [0.05, 0.1) is 23.8 Å². The maximum Gasteiger partial charge on any atom is 0.260 e. The molecule has 8 heteroatoms. The van der Waals surface area contributed by atoms with Gasteiger partial charge in [0.25, 0.3) is 11.5 Å². The summed E-state index contributed by atoms with van der Waals surface area (Å²) in [6, 6.07) is 5.00. The van der Waals surface area contributed by atoms with Gasteiger partial charge in [-0.05, 0) is 25.1 Å². The second-order valence-electron chi connectivity index (χ2n) is 6.41. The molecule has 1 fully saturated rings. The summed E-state index contributed by atoms with van der Waals surface area (Å²) in [7, 11) is 1.65. The average molecular weight is 357 g/mol. The molecule has 1 aromatic heterocycles. The van der Waals surface area contributed by atoms with Crippen molar-refractivity contribution in [3.63, 3.8) is 0 Å². The van der Waals surface area contributed by atoms with Gasteiger partial charge in [-0.2, -0.15) is 0 Å². The van der Waals surface area contributed by atoms with Gasteiger partial charge >= 0.3 is 0 Å². The third-order valence-electron chi connectivity index (χ3n) is 4.57. The van der Waals surface area contributed by atoms with E-state index in [0.717, 1.165) is 0 Å². The minimum Gasteiger partial charge on any atom is -0.355 e. The highest BCUT2D eigenvalue weighted by molar-refractivity contribution is 5.97. The maximum atomic E-state index is 12.7. The van der Waals surface area contributed by atoms with Gasteiger partial charge in [-0.1, -0.05) is 0 Å². The predicted molar refractivity (Wildman–Crippen MR) is 98.0 cm³/mol. The van der Waals surface area contributed by atoms with E-state index in [1.54, 1.807) is 30.1 Å². The van der Waals surface area contributed by atoms with E-state index in [0.29, 0.717) is 55.7 Å². The van der Waals surface area contributed by atoms with Gasteiger partial charge in [0.1, 0.15) is 0 Å². The first-order chi connectivity index (χ1) is 12.5. The summed E-state index contributed by atoms with van der Waals surface area (Å²) < 4.78 is 1.41. The average Bonchev–Trinajstić information content (AvgIpc) is 2.65. The molecule has 1 aliphatic rings. The first kappa shape index (κ1) is 18.1. The van der Waals surface area contributed by atoms with E-state index in [1.807, 2.05) is 11.8 Å². The van der Waals surface area contributed by atoms with E-state index >= 15 is 0 Å². The van der Waals surface area contributed by atoms with Gasteiger partial charge in [0.15, 0.2) is 0 Å². The molecule has 2 aromatic rings. The Hall–Kier alpha value is -2.74. The van der Waals surface area contributed by atoms with Crippen molar-refractivity contribution in [2.24, 2.45) is 7.05 Å². The van der Waals surface area contributed by atoms with Crippen LogP contribution in [0.15, 0.2) is 29.3 Å². The number of nitrogens with one attached hydrogen (secondary N) is 1. The first-order valence-electron chi connectivity index (χ1n) is 8.73. The molecule has 3 rings (SSSR count). The number of benzene rings is 1. The summed E-state index contributed by atoms with van der Waals surface area (Å²) in [4.78, 5) is 44.5. The van der Waals surface area contributed by atoms with Crippen LogP contribution in [0.25, 0.3) is 10.9 Å². The van der Waals surface area contributed by atoms with E-state index in [4.69, 9.17) is 0 Å². The van der Waals surface area contributed by atoms with Crippen LogP contribution in [-0.4, -0.2) is 70.4 Å². The monoisotopic (exact) mass is 357 g/mol. The molecular weight excluding hydrogens is 334 g/mol. The van der Waals surface area contributed by atoms with Crippen LogP contribution < -0.4 is 10.9 Å². The van der Waals surface area contributed by atoms with Gasteiger partial charge in [-0.15, -0.1) is 0 Å². The summed E-state index contributed by atoms with van der Waals surface area (Å²) in [5, 5.41) is 3.28. The molecule has 138 valence electrons. The van der Waals surface area contributed by atoms with Crippen LogP contribution in [0.1, 0.15) is 17.3 Å². The molecule has 0 unspecified atom stereocenters. The lowest BCUT2D eigenvalue weighted by atomic mass is 10.1. The van der Waals surface area contributed by atoms with E-state index in [-0.39, 0.29) is 17.4 Å². The molecule has 1 aliphatic heterocycles. The van der Waals surface area contributed by atoms with E-state index in [1.165, 1.54) is 10.9 Å². The normalized spacial score (nSPS) is 15.2. The Morgan fingerprint density at radius 1 is 1.19 bits per heavy atom. The SMILES string of the molecule is CCNC(=O)CN1CCN(C(=O)c2ccc3c(=O)n(C)cnc3c2)CC1. The van der Waals surface area contributed by atoms with E-state index in [9.17, 15) is 14.4 Å². The number of hydrogen-bond donors (Lipinski definition) is 1. The zero-order chi connectivity index (χ0) is 18.7. The second kappa shape index (κ2) is 7.65. The molecule has 2 heterocycles. The molecule has 8 nitrogen and oxygen atoms in total. The summed E-state index contributed by atoms with van der Waals surface area (Å²) in [5.41, 5.74) is 0.914. The molecule has 1 aromatic carbocycles. The Labute approximate surface area is 151 Å². The van der Waals surface area contributed by atoms with E-state index in [2.05, 4.69) is 10.3 Å². The topological polar surface area (TPSA) is 87.5 Å². The Morgan fingerprint density at radius 3 is 2.62 bits per heavy atom. The van der Waals surface area contributed by atoms with Gasteiger partial charge in [-0.25, -0.2) is 4.98 Å². The molecular formula is C18H23N5O3. The highest BCUT2D eigenvalue weighted by atomic mass is 16.2. The first-order valence-corrected chi connectivity index (χ1v) is 8.73. The highest BCUT2D eigenvalue weighted by Gasteiger charge is 2.23. The Balaban J connectivity index is 1.67. The van der Waals surface area contributed by atoms with Crippen molar-refractivity contribution >= 4 is 22.7 Å². The standard InChI is InChI=1S/C18H23N5O3/c1-3-19-16(24)11-22-6-8-23(9-7-22)17(25)13-4-5-14-15(10-13)20-12-21(2)18(14)26/h4-5,10,12H,3,6-9,11H2,1-2H3,(H,19,24). The van der Waals surface area contributed by atoms with Gasteiger partial charge in [-0.3, -0.25) is 19.3 Å². The van der Waals surface area contributed by atoms with Crippen molar-refractivity contribution < 1.29 is 9.59 Å². The zero-order valence-corrected chi connectivity index (χ0v) is 15.1. The second-order valence-corrected chi connectivity index (χ2v) is 6.41. The van der Waals surface area contributed by atoms with Crippen LogP contribution in [-0.2, 0) is 11.8 Å². The van der Waals surface area contributed by atoms with Crippen molar-refractivity contribution in [2.75, 3.05) is 39.3 Å². The number of likely N-dealkylation sites (N-methyl/N-ethyl adjacent to an activating group) is 1. The van der Waals surface area contributed by atoms with Crippen LogP contribution in [0.4, 0.5) is 0 Å². The van der Waals surface area contributed by atoms with Crippen molar-refractivity contribution in [3.8, 4) is 0 Å². The molecule has 0 atom stereocenters. The van der Waals surface area contributed by atoms with E-state index < -0.39 is 0 Å². The minimum absolute atomic E-state index is 0.00876. The number of fused-ring (bicyclic) bond motifs is 1. The molecule has 26 heavy (non-hydrogen) atoms. The fourth-order valence-electron chi connectivity index (χ4n) is 3.09. The molecule has 1 N–H and O–H groups in total. The fourth-order valence-corrected chi connectivity index (χ4v) is 3.09. The third kappa shape index (κ3) is 3.75. The number of hydrogen-bond acceptors (Lipinski definition) is 5. The smallest absolute Gasteiger partial charge is 0.260 e. The van der Waals surface area contributed by atoms with Crippen LogP contribution in [0.2, 0.25) is 0 Å². The molecule has 0 spiro atoms. The summed E-state index contributed by atoms with van der Waals surface area (Å²) in [5.74, 6) is -0.0681. The predicted octanol–water partition coefficient (Wildman–Crippen LogP) is -0.173. The van der Waals surface area contributed by atoms with Crippen molar-refractivity contribution in [3.05, 3.63) is 40.4 Å². The zero-order valence-electron chi connectivity index (χ0n) is 15.1. The maximum absolute atomic E-state index is 12.7. The number of piperazine rings is 1. The summed E-state index contributed by atoms with van der Waals surface area (Å²) in [6.07, 6.45) is 1.46. The molecule has 0 bridgehead atoms. The molecule has 2 amide bonds. The van der Waals surface area contributed by atoms with Crippen LogP contribution in [0, 0.1) is 0 Å². The van der Waals surface area contributed by atoms with Crippen LogP contribution >= 0.6 is 0 Å². The Bertz CT molecular complexity index is 884. The quantitative estimate of drug-likeness (QED) is 0.821.